The van der Waals surface area contributed by atoms with Gasteiger partial charge in [0.15, 0.2) is 0 Å². The molecule has 0 radical (unpaired) electrons. The molecule has 0 spiro atoms. The Morgan fingerprint density at radius 1 is 1.26 bits per heavy atom. The summed E-state index contributed by atoms with van der Waals surface area (Å²) in [7, 11) is 0. The molecule has 0 aliphatic heterocycles. The normalized spacial score (nSPS) is 11.1. The van der Waals surface area contributed by atoms with Gasteiger partial charge in [-0.3, -0.25) is 0 Å². The minimum atomic E-state index is -0.248. The zero-order valence-electron chi connectivity index (χ0n) is 11.2. The predicted molar refractivity (Wildman–Crippen MR) is 85.0 cm³/mol. The topological polar surface area (TPSA) is 59.0 Å². The minimum Gasteiger partial charge on any atom is -0.491 e. The van der Waals surface area contributed by atoms with Crippen LogP contribution in [-0.2, 0) is 0 Å². The molecule has 0 aliphatic rings. The van der Waals surface area contributed by atoms with Crippen molar-refractivity contribution in [2.75, 3.05) is 12.3 Å². The van der Waals surface area contributed by atoms with Gasteiger partial charge in [-0.1, -0.05) is 0 Å². The van der Waals surface area contributed by atoms with E-state index in [4.69, 9.17) is 15.7 Å². The molecule has 0 bridgehead atoms. The number of anilines is 1. The molecule has 5 heteroatoms. The monoisotopic (exact) mass is 388 g/mol. The van der Waals surface area contributed by atoms with Gasteiger partial charge in [0, 0.05) is 5.69 Å². The first-order chi connectivity index (χ1) is 8.85. The van der Waals surface area contributed by atoms with Gasteiger partial charge < -0.3 is 10.5 Å². The summed E-state index contributed by atoms with van der Waals surface area (Å²) in [5.41, 5.74) is 6.16. The molecule has 0 heterocycles. The Labute approximate surface area is 131 Å². The van der Waals surface area contributed by atoms with Gasteiger partial charge in [-0.05, 0) is 77.1 Å². The standard InChI is InChI=1S/C14H18Br2N2O/c1-14(2,9-17)5-3-4-6-19-13-11(15)7-10(18)8-12(13)16/h7-8H,3-6,18H2,1-2H3. The van der Waals surface area contributed by atoms with Gasteiger partial charge in [0.1, 0.15) is 5.75 Å². The van der Waals surface area contributed by atoms with E-state index in [0.717, 1.165) is 34.0 Å². The number of unbranched alkanes of at least 4 members (excludes halogenated alkanes) is 1. The fraction of sp³-hybridized carbons (Fsp3) is 0.500. The molecular weight excluding hydrogens is 372 g/mol. The lowest BCUT2D eigenvalue weighted by molar-refractivity contribution is 0.292. The van der Waals surface area contributed by atoms with Gasteiger partial charge in [0.2, 0.25) is 0 Å². The van der Waals surface area contributed by atoms with Crippen LogP contribution in [0.5, 0.6) is 5.75 Å². The molecular formula is C14H18Br2N2O. The number of nitrogen functional groups attached to an aromatic ring is 1. The van der Waals surface area contributed by atoms with E-state index in [1.807, 2.05) is 26.0 Å². The number of ether oxygens (including phenoxy) is 1. The Bertz CT molecular complexity index is 458. The van der Waals surface area contributed by atoms with Crippen molar-refractivity contribution in [2.45, 2.75) is 33.1 Å². The molecule has 0 saturated heterocycles. The Balaban J connectivity index is 2.41. The average Bonchev–Trinajstić information content (AvgIpc) is 2.31. The van der Waals surface area contributed by atoms with Gasteiger partial charge >= 0.3 is 0 Å². The van der Waals surface area contributed by atoms with E-state index < -0.39 is 0 Å². The second-order valence-corrected chi connectivity index (χ2v) is 6.82. The lowest BCUT2D eigenvalue weighted by Crippen LogP contribution is -2.08. The SMILES string of the molecule is CC(C)(C#N)CCCCOc1c(Br)cc(N)cc1Br. The third-order valence-electron chi connectivity index (χ3n) is 2.77. The molecule has 2 N–H and O–H groups in total. The Morgan fingerprint density at radius 3 is 2.37 bits per heavy atom. The summed E-state index contributed by atoms with van der Waals surface area (Å²) in [5, 5.41) is 8.92. The van der Waals surface area contributed by atoms with Crippen molar-refractivity contribution in [3.05, 3.63) is 21.1 Å². The Morgan fingerprint density at radius 2 is 1.84 bits per heavy atom. The van der Waals surface area contributed by atoms with E-state index in [1.165, 1.54) is 0 Å². The van der Waals surface area contributed by atoms with E-state index in [-0.39, 0.29) is 5.41 Å². The van der Waals surface area contributed by atoms with Crippen LogP contribution in [0.1, 0.15) is 33.1 Å². The largest absolute Gasteiger partial charge is 0.491 e. The Kier molecular flexibility index (Phi) is 6.15. The van der Waals surface area contributed by atoms with Crippen LogP contribution in [0.15, 0.2) is 21.1 Å². The number of nitrogens with two attached hydrogens (primary N) is 1. The Hall–Kier alpha value is -0.730. The van der Waals surface area contributed by atoms with Crippen molar-refractivity contribution in [1.29, 1.82) is 5.26 Å². The number of nitriles is 1. The first-order valence-electron chi connectivity index (χ1n) is 6.14. The van der Waals surface area contributed by atoms with Crippen LogP contribution in [0.4, 0.5) is 5.69 Å². The van der Waals surface area contributed by atoms with Crippen molar-refractivity contribution in [3.8, 4) is 11.8 Å². The van der Waals surface area contributed by atoms with Crippen molar-refractivity contribution < 1.29 is 4.74 Å². The second-order valence-electron chi connectivity index (χ2n) is 5.11. The summed E-state index contributed by atoms with van der Waals surface area (Å²) >= 11 is 6.86. The van der Waals surface area contributed by atoms with Crippen LogP contribution < -0.4 is 10.5 Å². The highest BCUT2D eigenvalue weighted by molar-refractivity contribution is 9.11. The van der Waals surface area contributed by atoms with E-state index in [0.29, 0.717) is 12.3 Å². The third-order valence-corrected chi connectivity index (χ3v) is 3.94. The summed E-state index contributed by atoms with van der Waals surface area (Å²) in [4.78, 5) is 0. The molecule has 3 nitrogen and oxygen atoms in total. The van der Waals surface area contributed by atoms with Gasteiger partial charge in [-0.2, -0.15) is 5.26 Å². The summed E-state index contributed by atoms with van der Waals surface area (Å²) in [6, 6.07) is 5.94. The molecule has 0 aromatic heterocycles. The third kappa shape index (κ3) is 5.42. The maximum atomic E-state index is 8.92. The van der Waals surface area contributed by atoms with Gasteiger partial charge in [-0.25, -0.2) is 0 Å². The molecule has 0 amide bonds. The number of nitrogens with zero attached hydrogens (tertiary/aromatic N) is 1. The number of hydrogen-bond acceptors (Lipinski definition) is 3. The quantitative estimate of drug-likeness (QED) is 0.556. The number of rotatable bonds is 6. The van der Waals surface area contributed by atoms with Crippen molar-refractivity contribution in [3.63, 3.8) is 0 Å². The zero-order valence-corrected chi connectivity index (χ0v) is 14.3. The lowest BCUT2D eigenvalue weighted by Gasteiger charge is -2.15. The number of hydrogen-bond donors (Lipinski definition) is 1. The lowest BCUT2D eigenvalue weighted by atomic mass is 9.89. The van der Waals surface area contributed by atoms with E-state index in [9.17, 15) is 0 Å². The van der Waals surface area contributed by atoms with E-state index >= 15 is 0 Å². The smallest absolute Gasteiger partial charge is 0.147 e. The summed E-state index contributed by atoms with van der Waals surface area (Å²) < 4.78 is 7.43. The molecule has 0 unspecified atom stereocenters. The minimum absolute atomic E-state index is 0.248. The van der Waals surface area contributed by atoms with Crippen LogP contribution in [0.2, 0.25) is 0 Å². The highest BCUT2D eigenvalue weighted by atomic mass is 79.9. The van der Waals surface area contributed by atoms with Crippen LogP contribution in [-0.4, -0.2) is 6.61 Å². The highest BCUT2D eigenvalue weighted by Gasteiger charge is 2.15. The fourth-order valence-electron chi connectivity index (χ4n) is 1.62. The average molecular weight is 390 g/mol. The zero-order chi connectivity index (χ0) is 14.5. The van der Waals surface area contributed by atoms with Crippen molar-refractivity contribution >= 4 is 37.5 Å². The first-order valence-corrected chi connectivity index (χ1v) is 7.73. The van der Waals surface area contributed by atoms with Gasteiger partial charge in [0.25, 0.3) is 0 Å². The molecule has 19 heavy (non-hydrogen) atoms. The predicted octanol–water partition coefficient (Wildman–Crippen LogP) is 4.89. The summed E-state index contributed by atoms with van der Waals surface area (Å²) in [6.45, 7) is 4.55. The van der Waals surface area contributed by atoms with E-state index in [1.54, 1.807) is 0 Å². The number of benzene rings is 1. The molecule has 0 atom stereocenters. The molecule has 1 aromatic carbocycles. The van der Waals surface area contributed by atoms with Gasteiger partial charge in [-0.15, -0.1) is 0 Å². The molecule has 0 fully saturated rings. The summed E-state index contributed by atoms with van der Waals surface area (Å²) in [5.74, 6) is 0.772. The maximum absolute atomic E-state index is 8.92. The van der Waals surface area contributed by atoms with Crippen LogP contribution in [0, 0.1) is 16.7 Å². The summed E-state index contributed by atoms with van der Waals surface area (Å²) in [6.07, 6.45) is 2.79. The highest BCUT2D eigenvalue weighted by Crippen LogP contribution is 2.35. The molecule has 0 aliphatic carbocycles. The fourth-order valence-corrected chi connectivity index (χ4v) is 3.07. The van der Waals surface area contributed by atoms with Crippen LogP contribution in [0.3, 0.4) is 0 Å². The van der Waals surface area contributed by atoms with E-state index in [2.05, 4.69) is 37.9 Å². The molecule has 0 saturated carbocycles. The second kappa shape index (κ2) is 7.16. The van der Waals surface area contributed by atoms with Crippen molar-refractivity contribution in [1.82, 2.24) is 0 Å². The first kappa shape index (κ1) is 16.3. The van der Waals surface area contributed by atoms with Gasteiger partial charge in [0.05, 0.1) is 27.0 Å². The van der Waals surface area contributed by atoms with Crippen LogP contribution in [0.25, 0.3) is 0 Å². The maximum Gasteiger partial charge on any atom is 0.147 e. The molecule has 104 valence electrons. The number of halogens is 2. The molecule has 1 rings (SSSR count). The molecule has 1 aromatic rings. The van der Waals surface area contributed by atoms with Crippen molar-refractivity contribution in [2.24, 2.45) is 5.41 Å². The van der Waals surface area contributed by atoms with Crippen LogP contribution >= 0.6 is 31.9 Å².